The molecule has 3 nitrogen and oxygen atoms in total. The summed E-state index contributed by atoms with van der Waals surface area (Å²) in [4.78, 5) is 13.5. The quantitative estimate of drug-likeness (QED) is 0.538. The van der Waals surface area contributed by atoms with Crippen LogP contribution in [-0.4, -0.2) is 47.6 Å². The maximum atomic E-state index is 11.2. The standard InChI is InChI=1S/C7H11NO2S2/c1-12-7(9)6(11)8-2-4-10-5-3-8/h2-5H2,1H3. The molecule has 0 aliphatic carbocycles. The van der Waals surface area contributed by atoms with Crippen LogP contribution < -0.4 is 0 Å². The Morgan fingerprint density at radius 3 is 2.58 bits per heavy atom. The minimum Gasteiger partial charge on any atom is -0.378 e. The lowest BCUT2D eigenvalue weighted by Crippen LogP contribution is -2.42. The van der Waals surface area contributed by atoms with Crippen molar-refractivity contribution in [3.05, 3.63) is 0 Å². The fourth-order valence-electron chi connectivity index (χ4n) is 0.983. The summed E-state index contributed by atoms with van der Waals surface area (Å²) < 4.78 is 5.14. The average molecular weight is 205 g/mol. The zero-order chi connectivity index (χ0) is 8.97. The van der Waals surface area contributed by atoms with Crippen LogP contribution >= 0.6 is 24.0 Å². The van der Waals surface area contributed by atoms with Crippen LogP contribution in [0.15, 0.2) is 0 Å². The molecule has 0 saturated carbocycles. The normalized spacial score (nSPS) is 17.6. The van der Waals surface area contributed by atoms with Gasteiger partial charge in [-0.25, -0.2) is 0 Å². The van der Waals surface area contributed by atoms with Crippen LogP contribution in [0.2, 0.25) is 0 Å². The first-order chi connectivity index (χ1) is 5.75. The Morgan fingerprint density at radius 1 is 1.50 bits per heavy atom. The smallest absolute Gasteiger partial charge is 0.246 e. The second-order valence-corrected chi connectivity index (χ2v) is 3.56. The highest BCUT2D eigenvalue weighted by Crippen LogP contribution is 2.05. The molecule has 0 radical (unpaired) electrons. The molecule has 0 N–H and O–H groups in total. The van der Waals surface area contributed by atoms with Gasteiger partial charge in [0, 0.05) is 13.1 Å². The van der Waals surface area contributed by atoms with Crippen LogP contribution in [0.25, 0.3) is 0 Å². The van der Waals surface area contributed by atoms with Gasteiger partial charge in [-0.15, -0.1) is 0 Å². The van der Waals surface area contributed by atoms with Crippen molar-refractivity contribution in [3.63, 3.8) is 0 Å². The van der Waals surface area contributed by atoms with Gasteiger partial charge in [-0.05, 0) is 6.26 Å². The number of thioether (sulfide) groups is 1. The van der Waals surface area contributed by atoms with E-state index in [0.29, 0.717) is 18.2 Å². The van der Waals surface area contributed by atoms with Crippen molar-refractivity contribution in [1.82, 2.24) is 4.90 Å². The zero-order valence-corrected chi connectivity index (χ0v) is 8.54. The van der Waals surface area contributed by atoms with Crippen molar-refractivity contribution in [2.45, 2.75) is 0 Å². The third-order valence-corrected chi connectivity index (χ3v) is 2.80. The minimum absolute atomic E-state index is 0.0214. The van der Waals surface area contributed by atoms with Gasteiger partial charge in [-0.2, -0.15) is 0 Å². The van der Waals surface area contributed by atoms with Crippen LogP contribution in [0.3, 0.4) is 0 Å². The number of morpholine rings is 1. The molecule has 1 rings (SSSR count). The molecule has 1 aliphatic heterocycles. The molecule has 0 aromatic carbocycles. The van der Waals surface area contributed by atoms with Crippen LogP contribution in [-0.2, 0) is 9.53 Å². The summed E-state index contributed by atoms with van der Waals surface area (Å²) in [7, 11) is 0. The van der Waals surface area contributed by atoms with Gasteiger partial charge in [0.2, 0.25) is 5.12 Å². The summed E-state index contributed by atoms with van der Waals surface area (Å²) in [6.07, 6.45) is 1.75. The Bertz CT molecular complexity index is 190. The molecule has 0 bridgehead atoms. The van der Waals surface area contributed by atoms with E-state index in [2.05, 4.69) is 0 Å². The molecule has 1 saturated heterocycles. The molecule has 0 aromatic heterocycles. The van der Waals surface area contributed by atoms with E-state index in [4.69, 9.17) is 17.0 Å². The number of carbonyl (C=O) groups is 1. The van der Waals surface area contributed by atoms with Gasteiger partial charge in [0.25, 0.3) is 0 Å². The van der Waals surface area contributed by atoms with Gasteiger partial charge < -0.3 is 9.64 Å². The highest BCUT2D eigenvalue weighted by molar-refractivity contribution is 8.16. The highest BCUT2D eigenvalue weighted by atomic mass is 32.2. The number of hydrogen-bond donors (Lipinski definition) is 0. The summed E-state index contributed by atoms with van der Waals surface area (Å²) in [5.74, 6) is 0. The van der Waals surface area contributed by atoms with Gasteiger partial charge in [-0.3, -0.25) is 4.79 Å². The number of rotatable bonds is 0. The van der Waals surface area contributed by atoms with E-state index >= 15 is 0 Å². The average Bonchev–Trinajstić information content (AvgIpc) is 2.17. The number of ether oxygens (including phenoxy) is 1. The Morgan fingerprint density at radius 2 is 2.08 bits per heavy atom. The topological polar surface area (TPSA) is 29.5 Å². The van der Waals surface area contributed by atoms with Gasteiger partial charge in [0.15, 0.2) is 4.99 Å². The van der Waals surface area contributed by atoms with Crippen LogP contribution in [0.4, 0.5) is 0 Å². The fourth-order valence-corrected chi connectivity index (χ4v) is 1.72. The Balaban J connectivity index is 2.45. The first-order valence-corrected chi connectivity index (χ1v) is 5.34. The molecule has 1 fully saturated rings. The van der Waals surface area contributed by atoms with Crippen molar-refractivity contribution in [1.29, 1.82) is 0 Å². The molecule has 0 unspecified atom stereocenters. The highest BCUT2D eigenvalue weighted by Gasteiger charge is 2.18. The molecule has 0 atom stereocenters. The third kappa shape index (κ3) is 2.43. The predicted octanol–water partition coefficient (Wildman–Crippen LogP) is 0.536. The second-order valence-electron chi connectivity index (χ2n) is 2.40. The van der Waals surface area contributed by atoms with E-state index in [1.165, 1.54) is 0 Å². The monoisotopic (exact) mass is 205 g/mol. The Labute approximate surface area is 81.4 Å². The number of hydrogen-bond acceptors (Lipinski definition) is 4. The molecule has 0 spiro atoms. The molecular formula is C7H11NO2S2. The lowest BCUT2D eigenvalue weighted by Gasteiger charge is -2.27. The molecule has 0 aromatic rings. The van der Waals surface area contributed by atoms with Crippen molar-refractivity contribution in [2.75, 3.05) is 32.6 Å². The summed E-state index contributed by atoms with van der Waals surface area (Å²) >= 11 is 6.16. The lowest BCUT2D eigenvalue weighted by molar-refractivity contribution is -0.106. The summed E-state index contributed by atoms with van der Waals surface area (Å²) in [5.41, 5.74) is 0. The predicted molar refractivity (Wildman–Crippen MR) is 53.5 cm³/mol. The SMILES string of the molecule is CSC(=O)C(=S)N1CCOCC1. The molecule has 1 heterocycles. The van der Waals surface area contributed by atoms with Crippen molar-refractivity contribution < 1.29 is 9.53 Å². The van der Waals surface area contributed by atoms with E-state index in [9.17, 15) is 4.79 Å². The van der Waals surface area contributed by atoms with E-state index < -0.39 is 0 Å². The van der Waals surface area contributed by atoms with Crippen LogP contribution in [0.1, 0.15) is 0 Å². The molecular weight excluding hydrogens is 194 g/mol. The van der Waals surface area contributed by atoms with Gasteiger partial charge in [-0.1, -0.05) is 24.0 Å². The Kier molecular flexibility index (Phi) is 3.97. The summed E-state index contributed by atoms with van der Waals surface area (Å²) in [6.45, 7) is 2.82. The molecule has 12 heavy (non-hydrogen) atoms. The summed E-state index contributed by atoms with van der Waals surface area (Å²) in [5, 5.41) is -0.0214. The first-order valence-electron chi connectivity index (χ1n) is 3.70. The molecule has 0 amide bonds. The number of nitrogens with zero attached hydrogens (tertiary/aromatic N) is 1. The van der Waals surface area contributed by atoms with Crippen molar-refractivity contribution in [2.24, 2.45) is 0 Å². The lowest BCUT2D eigenvalue weighted by atomic mass is 10.4. The summed E-state index contributed by atoms with van der Waals surface area (Å²) in [6, 6.07) is 0. The van der Waals surface area contributed by atoms with Gasteiger partial charge >= 0.3 is 0 Å². The minimum atomic E-state index is -0.0214. The van der Waals surface area contributed by atoms with Crippen LogP contribution in [0, 0.1) is 0 Å². The first kappa shape index (κ1) is 9.95. The largest absolute Gasteiger partial charge is 0.378 e. The number of carbonyl (C=O) groups excluding carboxylic acids is 1. The van der Waals surface area contributed by atoms with E-state index in [-0.39, 0.29) is 5.12 Å². The van der Waals surface area contributed by atoms with E-state index in [1.54, 1.807) is 6.26 Å². The fraction of sp³-hybridized carbons (Fsp3) is 0.714. The van der Waals surface area contributed by atoms with Gasteiger partial charge in [0.05, 0.1) is 13.2 Å². The maximum Gasteiger partial charge on any atom is 0.246 e. The molecule has 1 aliphatic rings. The third-order valence-electron chi connectivity index (χ3n) is 1.66. The Hall–Kier alpha value is -0.130. The second kappa shape index (κ2) is 4.79. The van der Waals surface area contributed by atoms with Crippen LogP contribution in [0.5, 0.6) is 0 Å². The maximum absolute atomic E-state index is 11.2. The number of thiocarbonyl (C=S) groups is 1. The van der Waals surface area contributed by atoms with E-state index in [1.807, 2.05) is 4.90 Å². The van der Waals surface area contributed by atoms with Crippen molar-refractivity contribution >= 4 is 34.1 Å². The van der Waals surface area contributed by atoms with E-state index in [0.717, 1.165) is 24.9 Å². The molecule has 5 heteroatoms. The zero-order valence-electron chi connectivity index (χ0n) is 6.91. The van der Waals surface area contributed by atoms with Gasteiger partial charge in [0.1, 0.15) is 0 Å². The van der Waals surface area contributed by atoms with Crippen molar-refractivity contribution in [3.8, 4) is 0 Å². The molecule has 68 valence electrons.